The van der Waals surface area contributed by atoms with Crippen LogP contribution in [0.25, 0.3) is 0 Å². The molecule has 0 saturated heterocycles. The third-order valence-corrected chi connectivity index (χ3v) is 6.18. The van der Waals surface area contributed by atoms with Gasteiger partial charge in [0.2, 0.25) is 0 Å². The molecule has 3 nitrogen and oxygen atoms in total. The van der Waals surface area contributed by atoms with Gasteiger partial charge in [0.25, 0.3) is 0 Å². The summed E-state index contributed by atoms with van der Waals surface area (Å²) in [5, 5.41) is 23.3. The number of aryl methyl sites for hydroxylation is 2. The van der Waals surface area contributed by atoms with E-state index in [0.29, 0.717) is 12.0 Å². The summed E-state index contributed by atoms with van der Waals surface area (Å²) in [5.74, 6) is 0.305. The fourth-order valence-electron chi connectivity index (χ4n) is 3.70. The van der Waals surface area contributed by atoms with Crippen molar-refractivity contribution < 1.29 is 10.2 Å². The predicted octanol–water partition coefficient (Wildman–Crippen LogP) is 3.85. The third kappa shape index (κ3) is 2.36. The highest BCUT2D eigenvalue weighted by atomic mass is 79.9. The van der Waals surface area contributed by atoms with Crippen LogP contribution in [0.3, 0.4) is 0 Å². The Morgan fingerprint density at radius 3 is 2.73 bits per heavy atom. The molecule has 1 aromatic carbocycles. The summed E-state index contributed by atoms with van der Waals surface area (Å²) in [5.41, 5.74) is 3.76. The van der Waals surface area contributed by atoms with Crippen molar-refractivity contribution in [3.8, 4) is 11.5 Å². The number of hydrogen-bond donors (Lipinski definition) is 3. The van der Waals surface area contributed by atoms with Crippen LogP contribution in [0.15, 0.2) is 18.2 Å². The van der Waals surface area contributed by atoms with Crippen molar-refractivity contribution in [2.45, 2.75) is 44.7 Å². The lowest BCUT2D eigenvalue weighted by Gasteiger charge is -2.38. The Morgan fingerprint density at radius 2 is 1.95 bits per heavy atom. The largest absolute Gasteiger partial charge is 0.504 e. The summed E-state index contributed by atoms with van der Waals surface area (Å²) in [7, 11) is 0. The monoisotopic (exact) mass is 381 g/mol. The van der Waals surface area contributed by atoms with Crippen LogP contribution in [0.2, 0.25) is 0 Å². The van der Waals surface area contributed by atoms with E-state index in [2.05, 4.69) is 18.3 Å². The van der Waals surface area contributed by atoms with Gasteiger partial charge >= 0.3 is 0 Å². The molecule has 0 amide bonds. The van der Waals surface area contributed by atoms with Crippen molar-refractivity contribution in [3.05, 3.63) is 44.6 Å². The molecule has 0 fully saturated rings. The highest BCUT2D eigenvalue weighted by molar-refractivity contribution is 8.93. The SMILES string of the molecule is Br.CCc1cc2c(s1)[C@H]1c3cc(O)c(O)cc3CC[C@@H]1NC2. The summed E-state index contributed by atoms with van der Waals surface area (Å²) in [4.78, 5) is 2.87. The van der Waals surface area contributed by atoms with Crippen molar-refractivity contribution >= 4 is 28.3 Å². The van der Waals surface area contributed by atoms with Gasteiger partial charge in [0.1, 0.15) is 0 Å². The Kier molecular flexibility index (Phi) is 4.23. The van der Waals surface area contributed by atoms with Gasteiger partial charge in [-0.25, -0.2) is 0 Å². The van der Waals surface area contributed by atoms with Gasteiger partial charge in [0.15, 0.2) is 11.5 Å². The average Bonchev–Trinajstić information content (AvgIpc) is 2.91. The van der Waals surface area contributed by atoms with Crippen LogP contribution in [0.5, 0.6) is 11.5 Å². The summed E-state index contributed by atoms with van der Waals surface area (Å²) >= 11 is 1.91. The van der Waals surface area contributed by atoms with Gasteiger partial charge in [-0.05, 0) is 54.2 Å². The molecule has 0 spiro atoms. The molecule has 1 aliphatic carbocycles. The van der Waals surface area contributed by atoms with Gasteiger partial charge in [-0.2, -0.15) is 0 Å². The number of halogens is 1. The maximum Gasteiger partial charge on any atom is 0.157 e. The zero-order valence-corrected chi connectivity index (χ0v) is 15.0. The van der Waals surface area contributed by atoms with E-state index in [-0.39, 0.29) is 28.5 Å². The smallest absolute Gasteiger partial charge is 0.157 e. The van der Waals surface area contributed by atoms with Crippen molar-refractivity contribution in [1.82, 2.24) is 5.32 Å². The fraction of sp³-hybridized carbons (Fsp3) is 0.412. The number of fused-ring (bicyclic) bond motifs is 5. The second-order valence-electron chi connectivity index (χ2n) is 6.00. The molecule has 1 aromatic heterocycles. The number of phenols is 2. The molecule has 4 rings (SSSR count). The van der Waals surface area contributed by atoms with Crippen molar-refractivity contribution in [2.75, 3.05) is 0 Å². The van der Waals surface area contributed by atoms with Gasteiger partial charge in [-0.15, -0.1) is 28.3 Å². The number of thiophene rings is 1. The normalized spacial score (nSPS) is 22.2. The highest BCUT2D eigenvalue weighted by Crippen LogP contribution is 2.46. The summed E-state index contributed by atoms with van der Waals surface area (Å²) < 4.78 is 0. The van der Waals surface area contributed by atoms with Gasteiger partial charge in [-0.1, -0.05) is 6.92 Å². The molecule has 0 unspecified atom stereocenters. The molecule has 2 aliphatic rings. The van der Waals surface area contributed by atoms with E-state index in [0.717, 1.165) is 25.8 Å². The molecule has 0 radical (unpaired) electrons. The first-order valence-electron chi connectivity index (χ1n) is 7.57. The number of nitrogens with one attached hydrogen (secondary N) is 1. The molecule has 3 N–H and O–H groups in total. The zero-order chi connectivity index (χ0) is 14.6. The number of aromatic hydroxyl groups is 2. The maximum atomic E-state index is 9.90. The van der Waals surface area contributed by atoms with Crippen LogP contribution in [-0.2, 0) is 19.4 Å². The van der Waals surface area contributed by atoms with Crippen molar-refractivity contribution in [1.29, 1.82) is 0 Å². The molecule has 2 aromatic rings. The van der Waals surface area contributed by atoms with Crippen molar-refractivity contribution in [2.24, 2.45) is 0 Å². The molecular weight excluding hydrogens is 362 g/mol. The molecule has 5 heteroatoms. The Balaban J connectivity index is 0.00000144. The van der Waals surface area contributed by atoms with Gasteiger partial charge in [0, 0.05) is 28.3 Å². The summed E-state index contributed by atoms with van der Waals surface area (Å²) in [6.07, 6.45) is 3.11. The van der Waals surface area contributed by atoms with Gasteiger partial charge in [-0.3, -0.25) is 0 Å². The number of hydrogen-bond acceptors (Lipinski definition) is 4. The van der Waals surface area contributed by atoms with E-state index in [9.17, 15) is 10.2 Å². The minimum atomic E-state index is -0.00575. The van der Waals surface area contributed by atoms with Crippen LogP contribution >= 0.6 is 28.3 Å². The van der Waals surface area contributed by atoms with E-state index in [1.54, 1.807) is 12.1 Å². The lowest BCUT2D eigenvalue weighted by Crippen LogP contribution is -2.41. The highest BCUT2D eigenvalue weighted by Gasteiger charge is 2.36. The topological polar surface area (TPSA) is 52.5 Å². The third-order valence-electron chi connectivity index (χ3n) is 4.78. The number of rotatable bonds is 1. The first kappa shape index (κ1) is 15.8. The molecule has 0 saturated carbocycles. The lowest BCUT2D eigenvalue weighted by atomic mass is 9.75. The van der Waals surface area contributed by atoms with E-state index < -0.39 is 0 Å². The summed E-state index contributed by atoms with van der Waals surface area (Å²) in [6, 6.07) is 6.27. The van der Waals surface area contributed by atoms with E-state index in [4.69, 9.17) is 0 Å². The second kappa shape index (κ2) is 5.87. The van der Waals surface area contributed by atoms with E-state index in [1.807, 2.05) is 11.3 Å². The Morgan fingerprint density at radius 1 is 1.18 bits per heavy atom. The van der Waals surface area contributed by atoms with Crippen LogP contribution in [0.4, 0.5) is 0 Å². The minimum absolute atomic E-state index is 0. The van der Waals surface area contributed by atoms with E-state index >= 15 is 0 Å². The van der Waals surface area contributed by atoms with Gasteiger partial charge < -0.3 is 15.5 Å². The van der Waals surface area contributed by atoms with Gasteiger partial charge in [0.05, 0.1) is 0 Å². The molecule has 2 heterocycles. The lowest BCUT2D eigenvalue weighted by molar-refractivity contribution is 0.383. The van der Waals surface area contributed by atoms with Crippen molar-refractivity contribution in [3.63, 3.8) is 0 Å². The molecule has 0 bridgehead atoms. The average molecular weight is 382 g/mol. The quantitative estimate of drug-likeness (QED) is 0.657. The first-order valence-corrected chi connectivity index (χ1v) is 8.38. The molecule has 2 atom stereocenters. The Bertz CT molecular complexity index is 713. The van der Waals surface area contributed by atoms with Crippen LogP contribution in [0.1, 0.15) is 45.7 Å². The van der Waals surface area contributed by atoms with Crippen LogP contribution < -0.4 is 5.32 Å². The Hall–Kier alpha value is -1.04. The van der Waals surface area contributed by atoms with Crippen LogP contribution in [-0.4, -0.2) is 16.3 Å². The standard InChI is InChI=1S/C17H19NO2S.BrH/c1-2-11-5-10-8-18-13-4-3-9-6-14(19)15(20)7-12(9)16(13)17(10)21-11;/h5-7,13,16,18-20H,2-4,8H2,1H3;1H/t13-,16-;/m0./s1. The second-order valence-corrected chi connectivity index (χ2v) is 7.17. The van der Waals surface area contributed by atoms with Crippen LogP contribution in [0, 0.1) is 0 Å². The molecular formula is C17H20BrNO2S. The Labute approximate surface area is 144 Å². The zero-order valence-electron chi connectivity index (χ0n) is 12.4. The van der Waals surface area contributed by atoms with E-state index in [1.165, 1.54) is 26.4 Å². The molecule has 1 aliphatic heterocycles. The molecule has 118 valence electrons. The number of phenolic OH excluding ortho intramolecular Hbond substituents is 2. The maximum absolute atomic E-state index is 9.90. The fourth-order valence-corrected chi connectivity index (χ4v) is 5.01. The minimum Gasteiger partial charge on any atom is -0.504 e. The predicted molar refractivity (Wildman–Crippen MR) is 94.6 cm³/mol. The summed E-state index contributed by atoms with van der Waals surface area (Å²) in [6.45, 7) is 3.15. The number of benzene rings is 1. The first-order chi connectivity index (χ1) is 10.2. The molecule has 22 heavy (non-hydrogen) atoms.